The average molecular weight is 553 g/mol. The lowest BCUT2D eigenvalue weighted by Crippen LogP contribution is -2.32. The molecule has 39 heavy (non-hydrogen) atoms. The number of rotatable bonds is 5. The largest absolute Gasteiger partial charge is 0.269 e. The molecule has 0 N–H and O–H groups in total. The number of fused-ring (bicyclic) bond motifs is 2. The van der Waals surface area contributed by atoms with Crippen LogP contribution in [0.3, 0.4) is 0 Å². The summed E-state index contributed by atoms with van der Waals surface area (Å²) in [7, 11) is 0. The number of carbonyl (C=O) groups is 2. The van der Waals surface area contributed by atoms with Crippen LogP contribution in [0, 0.1) is 30.1 Å². The van der Waals surface area contributed by atoms with Crippen molar-refractivity contribution in [3.8, 4) is 6.07 Å². The Morgan fingerprint density at radius 3 is 2.05 bits per heavy atom. The molecule has 1 saturated carbocycles. The topological polar surface area (TPSA) is 61.2 Å². The van der Waals surface area contributed by atoms with Gasteiger partial charge in [-0.2, -0.15) is 5.26 Å². The van der Waals surface area contributed by atoms with Crippen LogP contribution in [-0.4, -0.2) is 23.3 Å². The van der Waals surface area contributed by atoms with Crippen molar-refractivity contribution in [2.45, 2.75) is 58.8 Å². The molecule has 4 aromatic rings. The Morgan fingerprint density at radius 2 is 1.46 bits per heavy atom. The molecular formula is C33H32N2O2S2. The van der Waals surface area contributed by atoms with Crippen LogP contribution >= 0.6 is 22.7 Å². The minimum atomic E-state index is -0.363. The zero-order valence-electron chi connectivity index (χ0n) is 22.8. The maximum Gasteiger partial charge on any atom is 0.263 e. The third kappa shape index (κ3) is 4.06. The fourth-order valence-corrected chi connectivity index (χ4v) is 9.10. The highest BCUT2D eigenvalue weighted by atomic mass is 32.1. The summed E-state index contributed by atoms with van der Waals surface area (Å²) in [5.74, 6) is 0.661. The van der Waals surface area contributed by atoms with Crippen LogP contribution in [0.15, 0.2) is 48.5 Å². The van der Waals surface area contributed by atoms with Crippen LogP contribution < -0.4 is 0 Å². The van der Waals surface area contributed by atoms with Crippen LogP contribution in [-0.2, 0) is 15.0 Å². The van der Waals surface area contributed by atoms with Gasteiger partial charge in [0.1, 0.15) is 6.54 Å². The summed E-state index contributed by atoms with van der Waals surface area (Å²) in [5.41, 5.74) is 2.58. The van der Waals surface area contributed by atoms with E-state index in [2.05, 4.69) is 45.0 Å². The van der Waals surface area contributed by atoms with Crippen molar-refractivity contribution in [1.82, 2.24) is 4.90 Å². The fraction of sp³-hybridized carbons (Fsp3) is 0.364. The summed E-state index contributed by atoms with van der Waals surface area (Å²) < 4.78 is 2.22. The van der Waals surface area contributed by atoms with Crippen LogP contribution in [0.4, 0.5) is 0 Å². The average Bonchev–Trinajstić information content (AvgIpc) is 3.54. The number of hydrogen-bond donors (Lipinski definition) is 0. The van der Waals surface area contributed by atoms with Gasteiger partial charge < -0.3 is 0 Å². The highest BCUT2D eigenvalue weighted by Crippen LogP contribution is 2.53. The highest BCUT2D eigenvalue weighted by molar-refractivity contribution is 7.20. The quantitative estimate of drug-likeness (QED) is 0.185. The number of nitrogens with zero attached hydrogens (tertiary/aromatic N) is 2. The molecule has 6 rings (SSSR count). The first-order valence-corrected chi connectivity index (χ1v) is 15.4. The fourth-order valence-electron chi connectivity index (χ4n) is 6.62. The number of amides is 2. The minimum Gasteiger partial charge on any atom is -0.269 e. The van der Waals surface area contributed by atoms with Gasteiger partial charge in [0, 0.05) is 46.5 Å². The van der Waals surface area contributed by atoms with Crippen molar-refractivity contribution in [2.24, 2.45) is 11.8 Å². The molecule has 1 fully saturated rings. The van der Waals surface area contributed by atoms with Gasteiger partial charge >= 0.3 is 0 Å². The Kier molecular flexibility index (Phi) is 6.48. The number of hydrogen-bond acceptors (Lipinski definition) is 5. The normalized spacial score (nSPS) is 22.1. The third-order valence-corrected chi connectivity index (χ3v) is 11.5. The molecule has 2 aliphatic rings. The predicted molar refractivity (Wildman–Crippen MR) is 162 cm³/mol. The van der Waals surface area contributed by atoms with Crippen molar-refractivity contribution in [1.29, 1.82) is 5.26 Å². The standard InChI is InChI=1S/C33H32N2O2S2/c1-19(2)21-13-15-33(4,16-14-21)30-27(23-10-6-8-12-25(23)39-30)29-28(31(36)35(18-17-34)32(29)37)26-20(3)38-24-11-7-5-9-22(24)26/h5-12,19,21H,13-16,18H2,1-4H3. The van der Waals surface area contributed by atoms with Gasteiger partial charge in [-0.15, -0.1) is 22.7 Å². The number of aryl methyl sites for hydroxylation is 1. The molecule has 3 heterocycles. The number of benzene rings is 2. The summed E-state index contributed by atoms with van der Waals surface area (Å²) in [6, 6.07) is 18.4. The van der Waals surface area contributed by atoms with Crippen molar-refractivity contribution in [2.75, 3.05) is 6.54 Å². The Balaban J connectivity index is 1.65. The summed E-state index contributed by atoms with van der Waals surface area (Å²) in [5, 5.41) is 11.6. The summed E-state index contributed by atoms with van der Waals surface area (Å²) in [4.78, 5) is 31.6. The maximum absolute atomic E-state index is 14.2. The number of thiophene rings is 2. The molecule has 0 atom stereocenters. The molecule has 0 saturated heterocycles. The molecule has 0 radical (unpaired) electrons. The lowest BCUT2D eigenvalue weighted by molar-refractivity contribution is -0.135. The summed E-state index contributed by atoms with van der Waals surface area (Å²) >= 11 is 3.41. The summed E-state index contributed by atoms with van der Waals surface area (Å²) in [6.07, 6.45) is 4.44. The Labute approximate surface area is 237 Å². The smallest absolute Gasteiger partial charge is 0.263 e. The number of imide groups is 1. The minimum absolute atomic E-state index is 0.0831. The van der Waals surface area contributed by atoms with Gasteiger partial charge in [-0.25, -0.2) is 0 Å². The third-order valence-electron chi connectivity index (χ3n) is 8.89. The van der Waals surface area contributed by atoms with E-state index in [9.17, 15) is 14.9 Å². The van der Waals surface area contributed by atoms with Crippen molar-refractivity contribution in [3.63, 3.8) is 0 Å². The van der Waals surface area contributed by atoms with E-state index in [1.165, 1.54) is 4.88 Å². The SMILES string of the molecule is Cc1sc2ccccc2c1C1=C(c2c(C3(C)CCC(C(C)C)CC3)sc3ccccc23)C(=O)N(CC#N)C1=O. The molecule has 0 unspecified atom stereocenters. The first kappa shape index (κ1) is 26.0. The second-order valence-electron chi connectivity index (χ2n) is 11.6. The maximum atomic E-state index is 14.2. The number of carbonyl (C=O) groups excluding carboxylic acids is 2. The van der Waals surface area contributed by atoms with Gasteiger partial charge in [0.2, 0.25) is 0 Å². The zero-order chi connectivity index (χ0) is 27.5. The Bertz CT molecular complexity index is 1710. The van der Waals surface area contributed by atoms with Gasteiger partial charge in [0.15, 0.2) is 0 Å². The van der Waals surface area contributed by atoms with Crippen molar-refractivity contribution in [3.05, 3.63) is 69.4 Å². The lowest BCUT2D eigenvalue weighted by Gasteiger charge is -2.39. The summed E-state index contributed by atoms with van der Waals surface area (Å²) in [6.45, 7) is 8.75. The lowest BCUT2D eigenvalue weighted by atomic mass is 9.67. The van der Waals surface area contributed by atoms with E-state index in [-0.39, 0.29) is 23.8 Å². The van der Waals surface area contributed by atoms with Crippen LogP contribution in [0.2, 0.25) is 0 Å². The molecule has 0 spiro atoms. The molecule has 0 bridgehead atoms. The van der Waals surface area contributed by atoms with E-state index in [4.69, 9.17) is 0 Å². The molecule has 2 amide bonds. The molecule has 1 aliphatic carbocycles. The zero-order valence-corrected chi connectivity index (χ0v) is 24.5. The van der Waals surface area contributed by atoms with Gasteiger partial charge in [0.05, 0.1) is 17.2 Å². The monoisotopic (exact) mass is 552 g/mol. The van der Waals surface area contributed by atoms with Gasteiger partial charge in [-0.05, 0) is 56.6 Å². The van der Waals surface area contributed by atoms with Gasteiger partial charge in [-0.1, -0.05) is 57.2 Å². The van der Waals surface area contributed by atoms with Crippen molar-refractivity contribution >= 4 is 65.8 Å². The second-order valence-corrected chi connectivity index (χ2v) is 13.9. The molecule has 2 aromatic heterocycles. The van der Waals surface area contributed by atoms with Crippen LogP contribution in [0.1, 0.15) is 67.3 Å². The van der Waals surface area contributed by atoms with E-state index in [0.717, 1.165) is 66.8 Å². The second kappa shape index (κ2) is 9.73. The first-order chi connectivity index (χ1) is 18.7. The van der Waals surface area contributed by atoms with Gasteiger partial charge in [0.25, 0.3) is 11.8 Å². The van der Waals surface area contributed by atoms with Gasteiger partial charge in [-0.3, -0.25) is 14.5 Å². The molecule has 198 valence electrons. The predicted octanol–water partition coefficient (Wildman–Crippen LogP) is 8.33. The van der Waals surface area contributed by atoms with E-state index in [0.29, 0.717) is 23.0 Å². The van der Waals surface area contributed by atoms with E-state index in [1.807, 2.05) is 37.3 Å². The molecule has 1 aliphatic heterocycles. The molecule has 2 aromatic carbocycles. The molecule has 6 heteroatoms. The number of nitriles is 1. The van der Waals surface area contributed by atoms with E-state index < -0.39 is 0 Å². The van der Waals surface area contributed by atoms with Crippen molar-refractivity contribution < 1.29 is 9.59 Å². The Morgan fingerprint density at radius 1 is 0.923 bits per heavy atom. The van der Waals surface area contributed by atoms with E-state index >= 15 is 0 Å². The molecular weight excluding hydrogens is 521 g/mol. The molecule has 4 nitrogen and oxygen atoms in total. The Hall–Kier alpha value is -3.27. The van der Waals surface area contributed by atoms with Crippen LogP contribution in [0.5, 0.6) is 0 Å². The highest BCUT2D eigenvalue weighted by Gasteiger charge is 2.45. The first-order valence-electron chi connectivity index (χ1n) is 13.7. The van der Waals surface area contributed by atoms with E-state index in [1.54, 1.807) is 22.7 Å². The van der Waals surface area contributed by atoms with Crippen LogP contribution in [0.25, 0.3) is 31.3 Å².